The van der Waals surface area contributed by atoms with Gasteiger partial charge in [-0.25, -0.2) is 0 Å². The summed E-state index contributed by atoms with van der Waals surface area (Å²) < 4.78 is 7.05. The van der Waals surface area contributed by atoms with Gasteiger partial charge in [0.05, 0.1) is 13.9 Å². The van der Waals surface area contributed by atoms with Crippen molar-refractivity contribution in [2.45, 2.75) is 39.8 Å². The number of halogens is 2. The molecule has 1 saturated heterocycles. The van der Waals surface area contributed by atoms with Gasteiger partial charge in [0.15, 0.2) is 5.17 Å². The van der Waals surface area contributed by atoms with E-state index < -0.39 is 0 Å². The van der Waals surface area contributed by atoms with E-state index in [1.165, 1.54) is 11.8 Å². The molecule has 0 radical (unpaired) electrons. The lowest BCUT2D eigenvalue weighted by atomic mass is 10.2. The molecule has 1 aliphatic heterocycles. The lowest BCUT2D eigenvalue weighted by Gasteiger charge is -2.20. The van der Waals surface area contributed by atoms with Gasteiger partial charge in [-0.2, -0.15) is 0 Å². The first kappa shape index (κ1) is 21.1. The normalized spacial score (nSPS) is 17.7. The molecule has 2 rings (SSSR count). The highest BCUT2D eigenvalue weighted by molar-refractivity contribution is 9.11. The van der Waals surface area contributed by atoms with Gasteiger partial charge in [-0.1, -0.05) is 5.92 Å². The van der Waals surface area contributed by atoms with Crippen molar-refractivity contribution in [2.24, 2.45) is 4.99 Å². The van der Waals surface area contributed by atoms with Gasteiger partial charge >= 0.3 is 0 Å². The first-order valence-corrected chi connectivity index (χ1v) is 10.5. The smallest absolute Gasteiger partial charge is 0.266 e. The zero-order valence-corrected chi connectivity index (χ0v) is 19.0. The molecule has 1 aromatic carbocycles. The number of hydrogen-bond donors (Lipinski definition) is 0. The average molecular weight is 500 g/mol. The van der Waals surface area contributed by atoms with Crippen LogP contribution in [0.2, 0.25) is 0 Å². The van der Waals surface area contributed by atoms with E-state index >= 15 is 0 Å². The van der Waals surface area contributed by atoms with Crippen LogP contribution < -0.4 is 4.74 Å². The average Bonchev–Trinajstić information content (AvgIpc) is 2.81. The van der Waals surface area contributed by atoms with Gasteiger partial charge in [0.2, 0.25) is 0 Å². The monoisotopic (exact) mass is 498 g/mol. The van der Waals surface area contributed by atoms with Crippen molar-refractivity contribution in [3.63, 3.8) is 0 Å². The summed E-state index contributed by atoms with van der Waals surface area (Å²) in [6.45, 7) is 8.16. The maximum absolute atomic E-state index is 12.8. The molecule has 4 nitrogen and oxygen atoms in total. The number of nitrogens with zero attached hydrogens (tertiary/aromatic N) is 2. The van der Waals surface area contributed by atoms with Gasteiger partial charge in [-0.15, -0.1) is 6.42 Å². The Balaban J connectivity index is 2.38. The Labute approximate surface area is 175 Å². The number of amides is 1. The van der Waals surface area contributed by atoms with Gasteiger partial charge in [0.1, 0.15) is 12.4 Å². The molecular formula is C19H20Br2N2O2S. The Bertz CT molecular complexity index is 787. The lowest BCUT2D eigenvalue weighted by molar-refractivity contribution is -0.123. The minimum Gasteiger partial charge on any atom is -0.479 e. The maximum Gasteiger partial charge on any atom is 0.266 e. The third-order valence-electron chi connectivity index (χ3n) is 3.34. The summed E-state index contributed by atoms with van der Waals surface area (Å²) in [6.07, 6.45) is 7.11. The highest BCUT2D eigenvalue weighted by atomic mass is 79.9. The summed E-state index contributed by atoms with van der Waals surface area (Å²) in [7, 11) is 0. The van der Waals surface area contributed by atoms with E-state index in [4.69, 9.17) is 11.2 Å². The van der Waals surface area contributed by atoms with Gasteiger partial charge in [-0.3, -0.25) is 14.7 Å². The third-order valence-corrected chi connectivity index (χ3v) is 5.52. The second-order valence-electron chi connectivity index (χ2n) is 6.19. The molecule has 0 atom stereocenters. The molecule has 0 N–H and O–H groups in total. The molecule has 0 unspecified atom stereocenters. The van der Waals surface area contributed by atoms with Gasteiger partial charge in [0, 0.05) is 12.1 Å². The molecule has 1 aromatic rings. The largest absolute Gasteiger partial charge is 0.479 e. The molecule has 7 heteroatoms. The molecule has 0 bridgehead atoms. The summed E-state index contributed by atoms with van der Waals surface area (Å²) in [6, 6.07) is 3.97. The van der Waals surface area contributed by atoms with E-state index in [1.807, 2.05) is 45.9 Å². The van der Waals surface area contributed by atoms with Crippen LogP contribution in [0, 0.1) is 12.3 Å². The molecule has 0 saturated carbocycles. The van der Waals surface area contributed by atoms with Crippen molar-refractivity contribution < 1.29 is 9.53 Å². The van der Waals surface area contributed by atoms with Gasteiger partial charge in [0.25, 0.3) is 5.91 Å². The molecule has 0 aromatic heterocycles. The van der Waals surface area contributed by atoms with Crippen LogP contribution in [0.1, 0.15) is 33.3 Å². The van der Waals surface area contributed by atoms with Crippen LogP contribution >= 0.6 is 43.6 Å². The van der Waals surface area contributed by atoms with Crippen LogP contribution in [0.25, 0.3) is 6.08 Å². The fraction of sp³-hybridized carbons (Fsp3) is 0.368. The molecule has 138 valence electrons. The molecular weight excluding hydrogens is 480 g/mol. The van der Waals surface area contributed by atoms with Crippen LogP contribution in [0.3, 0.4) is 0 Å². The second-order valence-corrected chi connectivity index (χ2v) is 8.91. The number of terminal acetylenes is 1. The SMILES string of the molecule is C#CCOc1c(Br)cc(/C=C2/SC(=NC(C)C)N(C(C)C)C2=O)cc1Br. The lowest BCUT2D eigenvalue weighted by Crippen LogP contribution is -2.35. The van der Waals surface area contributed by atoms with E-state index in [-0.39, 0.29) is 24.6 Å². The van der Waals surface area contributed by atoms with Gasteiger partial charge < -0.3 is 4.74 Å². The third kappa shape index (κ3) is 4.93. The highest BCUT2D eigenvalue weighted by Crippen LogP contribution is 2.38. The number of amidine groups is 1. The minimum absolute atomic E-state index is 0.0238. The zero-order valence-electron chi connectivity index (χ0n) is 15.0. The predicted molar refractivity (Wildman–Crippen MR) is 116 cm³/mol. The fourth-order valence-corrected chi connectivity index (χ4v) is 5.00. The topological polar surface area (TPSA) is 41.9 Å². The number of rotatable bonds is 5. The second kappa shape index (κ2) is 9.12. The Kier molecular flexibility index (Phi) is 7.39. The zero-order chi connectivity index (χ0) is 19.4. The number of aliphatic imine (C=N–C) groups is 1. The summed E-state index contributed by atoms with van der Waals surface area (Å²) in [5, 5.41) is 0.748. The highest BCUT2D eigenvalue weighted by Gasteiger charge is 2.35. The minimum atomic E-state index is -0.0238. The van der Waals surface area contributed by atoms with Crippen LogP contribution in [0.15, 0.2) is 31.0 Å². The quantitative estimate of drug-likeness (QED) is 0.407. The summed E-state index contributed by atoms with van der Waals surface area (Å²) in [5.74, 6) is 3.06. The van der Waals surface area contributed by atoms with E-state index in [0.29, 0.717) is 10.7 Å². The first-order valence-electron chi connectivity index (χ1n) is 8.10. The van der Waals surface area contributed by atoms with Crippen molar-refractivity contribution in [1.29, 1.82) is 0 Å². The van der Waals surface area contributed by atoms with Crippen molar-refractivity contribution in [3.05, 3.63) is 31.5 Å². The van der Waals surface area contributed by atoms with Gasteiger partial charge in [-0.05, 0) is 95.1 Å². The molecule has 26 heavy (non-hydrogen) atoms. The summed E-state index contributed by atoms with van der Waals surface area (Å²) >= 11 is 8.39. The standard InChI is InChI=1S/C19H20Br2N2O2S/c1-6-7-25-17-14(20)8-13(9-15(17)21)10-16-18(24)23(12(4)5)19(26-16)22-11(2)3/h1,8-12H,7H2,2-5H3/b16-10+,22-19?. The molecule has 0 spiro atoms. The van der Waals surface area contributed by atoms with Crippen LogP contribution in [-0.2, 0) is 4.79 Å². The van der Waals surface area contributed by atoms with Crippen molar-refractivity contribution in [1.82, 2.24) is 4.90 Å². The molecule has 1 aliphatic rings. The number of thioether (sulfide) groups is 1. The van der Waals surface area contributed by atoms with Crippen LogP contribution in [0.4, 0.5) is 0 Å². The maximum atomic E-state index is 12.8. The molecule has 0 aliphatic carbocycles. The molecule has 1 amide bonds. The Hall–Kier alpha value is -1.23. The number of hydrogen-bond acceptors (Lipinski definition) is 4. The van der Waals surface area contributed by atoms with E-state index in [1.54, 1.807) is 4.90 Å². The number of ether oxygens (including phenoxy) is 1. The number of carbonyl (C=O) groups is 1. The van der Waals surface area contributed by atoms with Crippen LogP contribution in [0.5, 0.6) is 5.75 Å². The Morgan fingerprint density at radius 3 is 2.42 bits per heavy atom. The molecule has 1 fully saturated rings. The Morgan fingerprint density at radius 1 is 1.31 bits per heavy atom. The Morgan fingerprint density at radius 2 is 1.92 bits per heavy atom. The van der Waals surface area contributed by atoms with E-state index in [0.717, 1.165) is 19.7 Å². The van der Waals surface area contributed by atoms with Crippen LogP contribution in [-0.4, -0.2) is 34.7 Å². The first-order chi connectivity index (χ1) is 12.2. The van der Waals surface area contributed by atoms with Crippen molar-refractivity contribution in [3.8, 4) is 18.1 Å². The predicted octanol–water partition coefficient (Wildman–Crippen LogP) is 5.31. The number of benzene rings is 1. The van der Waals surface area contributed by atoms with Crippen molar-refractivity contribution in [2.75, 3.05) is 6.61 Å². The summed E-state index contributed by atoms with van der Waals surface area (Å²) in [5.41, 5.74) is 0.877. The molecule has 1 heterocycles. The van der Waals surface area contributed by atoms with E-state index in [2.05, 4.69) is 42.8 Å². The number of carbonyl (C=O) groups excluding carboxylic acids is 1. The van der Waals surface area contributed by atoms with E-state index in [9.17, 15) is 4.79 Å². The summed E-state index contributed by atoms with van der Waals surface area (Å²) in [4.78, 5) is 19.8. The fourth-order valence-electron chi connectivity index (χ4n) is 2.32. The van der Waals surface area contributed by atoms with Crippen molar-refractivity contribution >= 4 is 60.8 Å².